The molecule has 0 N–H and O–H groups in total. The standard InChI is InChI=1S/C19H35P.BF4.Ru/c1-20(17-11-5-2-6-12-17,18-13-7-3-8-14-18)19-15-9-4-10-16-19;2-1(3,4)5;/h1,17-20H,2-16H2;;/q;-1;. The molecule has 26 heavy (non-hydrogen) atoms. The van der Waals surface area contributed by atoms with Crippen LogP contribution < -0.4 is 0 Å². The number of halogens is 4. The summed E-state index contributed by atoms with van der Waals surface area (Å²) < 4.78 is 41.8. The Morgan fingerprint density at radius 3 is 1.00 bits per heavy atom. The Bertz CT molecular complexity index is 363. The van der Waals surface area contributed by atoms with Crippen LogP contribution in [0.5, 0.6) is 0 Å². The van der Waals surface area contributed by atoms with Gasteiger partial charge in [0.25, 0.3) is 0 Å². The van der Waals surface area contributed by atoms with Crippen LogP contribution in [0.15, 0.2) is 0 Å². The third-order valence-electron chi connectivity index (χ3n) is 7.11. The normalized spacial score (nSPS) is 25.3. The molecule has 0 aromatic carbocycles. The molecule has 0 spiro atoms. The molecule has 3 saturated carbocycles. The van der Waals surface area contributed by atoms with Gasteiger partial charge in [-0.25, -0.2) is 0 Å². The van der Waals surface area contributed by atoms with Crippen molar-refractivity contribution in [1.29, 1.82) is 0 Å². The fourth-order valence-electron chi connectivity index (χ4n) is 6.06. The van der Waals surface area contributed by atoms with E-state index in [9.17, 15) is 17.3 Å². The molecule has 0 aromatic rings. The maximum atomic E-state index is 9.75. The third kappa shape index (κ3) is 6.65. The summed E-state index contributed by atoms with van der Waals surface area (Å²) in [5.74, 6) is 0. The van der Waals surface area contributed by atoms with E-state index in [1.165, 1.54) is 19.3 Å². The molecule has 3 aliphatic rings. The molecular formula is C19H35BF4PRu-. The minimum atomic E-state index is -6.00. The van der Waals surface area contributed by atoms with E-state index in [0.717, 1.165) is 17.0 Å². The fraction of sp³-hybridized carbons (Fsp3) is 0.947. The summed E-state index contributed by atoms with van der Waals surface area (Å²) in [4.78, 5) is 0. The van der Waals surface area contributed by atoms with Crippen LogP contribution in [-0.4, -0.2) is 28.6 Å². The van der Waals surface area contributed by atoms with E-state index in [4.69, 9.17) is 0 Å². The number of hydrogen-bond acceptors (Lipinski definition) is 0. The molecule has 0 radical (unpaired) electrons. The molecule has 3 aliphatic carbocycles. The van der Waals surface area contributed by atoms with Gasteiger partial charge in [0.15, 0.2) is 0 Å². The van der Waals surface area contributed by atoms with Crippen molar-refractivity contribution in [3.8, 4) is 0 Å². The fourth-order valence-corrected chi connectivity index (χ4v) is 16.5. The Hall–Kier alpha value is 0.708. The van der Waals surface area contributed by atoms with Gasteiger partial charge in [0.1, 0.15) is 0 Å². The molecule has 3 rings (SSSR count). The second kappa shape index (κ2) is 11.0. The molecule has 156 valence electrons. The molecule has 0 aliphatic heterocycles. The molecule has 0 aromatic heterocycles. The van der Waals surface area contributed by atoms with Crippen molar-refractivity contribution in [1.82, 2.24) is 0 Å². The molecule has 0 saturated heterocycles. The van der Waals surface area contributed by atoms with E-state index < -0.39 is 14.5 Å². The Balaban J connectivity index is 0.000000431. The van der Waals surface area contributed by atoms with Crippen LogP contribution >= 0.6 is 7.26 Å². The second-order valence-electron chi connectivity index (χ2n) is 8.60. The van der Waals surface area contributed by atoms with E-state index in [0.29, 0.717) is 0 Å². The summed E-state index contributed by atoms with van der Waals surface area (Å²) in [6, 6.07) is 0. The first-order valence-electron chi connectivity index (χ1n) is 10.7. The zero-order valence-corrected chi connectivity index (χ0v) is 18.6. The van der Waals surface area contributed by atoms with Crippen LogP contribution in [-0.2, 0) is 17.9 Å². The van der Waals surface area contributed by atoms with E-state index >= 15 is 0 Å². The molecule has 0 unspecified atom stereocenters. The predicted molar refractivity (Wildman–Crippen MR) is 105 cm³/mol. The summed E-state index contributed by atoms with van der Waals surface area (Å²) in [5.41, 5.74) is 3.45. The van der Waals surface area contributed by atoms with Crippen molar-refractivity contribution in [3.63, 3.8) is 0 Å². The summed E-state index contributed by atoms with van der Waals surface area (Å²) in [7, 11) is -7.22. The van der Waals surface area contributed by atoms with Gasteiger partial charge in [-0.15, -0.1) is 0 Å². The number of rotatable bonds is 4. The van der Waals surface area contributed by atoms with E-state index in [1.807, 2.05) is 0 Å². The minimum absolute atomic E-state index is 1.15. The van der Waals surface area contributed by atoms with Crippen molar-refractivity contribution in [2.45, 2.75) is 113 Å². The quantitative estimate of drug-likeness (QED) is 0.224. The molecule has 3 fully saturated rings. The Morgan fingerprint density at radius 1 is 0.577 bits per heavy atom. The van der Waals surface area contributed by atoms with Gasteiger partial charge in [-0.2, -0.15) is 0 Å². The van der Waals surface area contributed by atoms with Crippen molar-refractivity contribution >= 4 is 18.9 Å². The van der Waals surface area contributed by atoms with Crippen molar-refractivity contribution < 1.29 is 35.1 Å². The van der Waals surface area contributed by atoms with Gasteiger partial charge >= 0.3 is 150 Å². The molecule has 0 atom stereocenters. The van der Waals surface area contributed by atoms with Crippen molar-refractivity contribution in [3.05, 3.63) is 0 Å². The third-order valence-corrected chi connectivity index (χ3v) is 16.0. The average molecular weight is 482 g/mol. The van der Waals surface area contributed by atoms with Gasteiger partial charge < -0.3 is 17.3 Å². The van der Waals surface area contributed by atoms with Gasteiger partial charge in [0, 0.05) is 0 Å². The summed E-state index contributed by atoms with van der Waals surface area (Å²) >= 11 is 3.07. The van der Waals surface area contributed by atoms with E-state index in [-0.39, 0.29) is 0 Å². The van der Waals surface area contributed by atoms with Gasteiger partial charge in [0.2, 0.25) is 0 Å². The average Bonchev–Trinajstić information content (AvgIpc) is 2.64. The van der Waals surface area contributed by atoms with Crippen LogP contribution in [0.1, 0.15) is 96.3 Å². The van der Waals surface area contributed by atoms with Crippen LogP contribution in [0.2, 0.25) is 0 Å². The van der Waals surface area contributed by atoms with Crippen molar-refractivity contribution in [2.75, 3.05) is 0 Å². The first-order chi connectivity index (χ1) is 12.4. The molecule has 0 nitrogen and oxygen atoms in total. The summed E-state index contributed by atoms with van der Waals surface area (Å²) in [5, 5.41) is 0. The van der Waals surface area contributed by atoms with Gasteiger partial charge in [-0.3, -0.25) is 0 Å². The van der Waals surface area contributed by atoms with Gasteiger partial charge in [0.05, 0.1) is 0 Å². The molecular weight excluding hydrogens is 447 g/mol. The van der Waals surface area contributed by atoms with Crippen LogP contribution in [0, 0.1) is 0 Å². The Morgan fingerprint density at radius 2 is 0.808 bits per heavy atom. The monoisotopic (exact) mass is 483 g/mol. The van der Waals surface area contributed by atoms with Crippen LogP contribution in [0.25, 0.3) is 0 Å². The molecule has 0 amide bonds. The van der Waals surface area contributed by atoms with Crippen LogP contribution in [0.3, 0.4) is 0 Å². The zero-order valence-electron chi connectivity index (χ0n) is 15.9. The number of hydrogen-bond donors (Lipinski definition) is 0. The first-order valence-corrected chi connectivity index (χ1v) is 14.0. The van der Waals surface area contributed by atoms with Gasteiger partial charge in [-0.1, -0.05) is 0 Å². The van der Waals surface area contributed by atoms with E-state index in [1.54, 1.807) is 77.0 Å². The molecule has 0 bridgehead atoms. The predicted octanol–water partition coefficient (Wildman–Crippen LogP) is 7.34. The Labute approximate surface area is 167 Å². The van der Waals surface area contributed by atoms with Crippen LogP contribution in [0.4, 0.5) is 17.3 Å². The maximum absolute atomic E-state index is 9.75. The summed E-state index contributed by atoms with van der Waals surface area (Å²) in [6.45, 7) is 0. The van der Waals surface area contributed by atoms with E-state index in [2.05, 4.69) is 22.2 Å². The first kappa shape index (κ1) is 23.0. The Kier molecular flexibility index (Phi) is 9.76. The topological polar surface area (TPSA) is 0 Å². The molecule has 7 heteroatoms. The van der Waals surface area contributed by atoms with Gasteiger partial charge in [-0.05, 0) is 0 Å². The molecule has 0 heterocycles. The zero-order chi connectivity index (χ0) is 19.0. The summed E-state index contributed by atoms with van der Waals surface area (Å²) in [6.07, 6.45) is 23.3. The second-order valence-corrected chi connectivity index (χ2v) is 14.8. The SMILES string of the molecule is F[B-](F)(F)F.[Ru]=[CH][PH](C1CCCCC1)(C1CCCCC1)C1CCCCC1. The van der Waals surface area contributed by atoms with Crippen molar-refractivity contribution in [2.24, 2.45) is 0 Å².